The number of hydrogen-bond donors (Lipinski definition) is 0. The van der Waals surface area contributed by atoms with Crippen molar-refractivity contribution in [3.63, 3.8) is 0 Å². The summed E-state index contributed by atoms with van der Waals surface area (Å²) in [4.78, 5) is 19.3. The molecule has 1 aliphatic heterocycles. The zero-order valence-corrected chi connectivity index (χ0v) is 9.40. The maximum Gasteiger partial charge on any atom is 0.225 e. The van der Waals surface area contributed by atoms with Gasteiger partial charge in [-0.25, -0.2) is 9.97 Å². The molecular formula is C12H13N5. The van der Waals surface area contributed by atoms with Crippen molar-refractivity contribution in [2.45, 2.75) is 18.9 Å². The third kappa shape index (κ3) is 1.95. The highest BCUT2D eigenvalue weighted by molar-refractivity contribution is 5.35. The molecule has 17 heavy (non-hydrogen) atoms. The first-order valence-electron chi connectivity index (χ1n) is 5.75. The van der Waals surface area contributed by atoms with Crippen LogP contribution in [0.5, 0.6) is 0 Å². The Morgan fingerprint density at radius 2 is 1.94 bits per heavy atom. The SMILES string of the molecule is c1cnc(N2CCC[C@H]2c2cnccn2)nc1. The van der Waals surface area contributed by atoms with Crippen molar-refractivity contribution in [1.29, 1.82) is 0 Å². The normalized spacial score (nSPS) is 19.5. The maximum absolute atomic E-state index is 4.38. The Hall–Kier alpha value is -2.04. The van der Waals surface area contributed by atoms with Gasteiger partial charge in [0.05, 0.1) is 17.9 Å². The minimum atomic E-state index is 0.256. The van der Waals surface area contributed by atoms with Crippen molar-refractivity contribution in [1.82, 2.24) is 19.9 Å². The van der Waals surface area contributed by atoms with Crippen LogP contribution in [-0.2, 0) is 0 Å². The van der Waals surface area contributed by atoms with Gasteiger partial charge in [0.2, 0.25) is 5.95 Å². The van der Waals surface area contributed by atoms with E-state index in [1.807, 2.05) is 12.3 Å². The average Bonchev–Trinajstić information content (AvgIpc) is 2.90. The van der Waals surface area contributed by atoms with Crippen LogP contribution in [0, 0.1) is 0 Å². The second-order valence-corrected chi connectivity index (χ2v) is 4.03. The molecule has 2 aromatic rings. The van der Waals surface area contributed by atoms with Gasteiger partial charge in [0, 0.05) is 31.3 Å². The molecule has 0 bridgehead atoms. The average molecular weight is 227 g/mol. The van der Waals surface area contributed by atoms with E-state index in [1.165, 1.54) is 0 Å². The van der Waals surface area contributed by atoms with Gasteiger partial charge in [-0.05, 0) is 18.9 Å². The molecule has 0 aliphatic carbocycles. The Balaban J connectivity index is 1.91. The predicted molar refractivity (Wildman–Crippen MR) is 63.4 cm³/mol. The highest BCUT2D eigenvalue weighted by Crippen LogP contribution is 2.32. The van der Waals surface area contributed by atoms with Crippen molar-refractivity contribution >= 4 is 5.95 Å². The van der Waals surface area contributed by atoms with E-state index in [1.54, 1.807) is 24.8 Å². The van der Waals surface area contributed by atoms with Crippen molar-refractivity contribution in [2.75, 3.05) is 11.4 Å². The molecule has 3 heterocycles. The first kappa shape index (κ1) is 10.1. The molecule has 0 unspecified atom stereocenters. The van der Waals surface area contributed by atoms with Crippen LogP contribution in [0.15, 0.2) is 37.1 Å². The Morgan fingerprint density at radius 3 is 2.71 bits per heavy atom. The first-order valence-corrected chi connectivity index (χ1v) is 5.75. The summed E-state index contributed by atoms with van der Waals surface area (Å²) in [5.74, 6) is 0.778. The molecular weight excluding hydrogens is 214 g/mol. The standard InChI is InChI=1S/C12H13N5/c1-3-11(10-9-13-6-7-14-10)17(8-1)12-15-4-2-5-16-12/h2,4-7,9,11H,1,3,8H2/t11-/m0/s1. The van der Waals surface area contributed by atoms with Crippen LogP contribution in [0.3, 0.4) is 0 Å². The number of nitrogens with zero attached hydrogens (tertiary/aromatic N) is 5. The lowest BCUT2D eigenvalue weighted by molar-refractivity contribution is 0.675. The smallest absolute Gasteiger partial charge is 0.225 e. The zero-order valence-electron chi connectivity index (χ0n) is 9.40. The molecule has 0 spiro atoms. The molecule has 1 aliphatic rings. The van der Waals surface area contributed by atoms with Crippen LogP contribution < -0.4 is 4.90 Å². The van der Waals surface area contributed by atoms with Gasteiger partial charge in [-0.1, -0.05) is 0 Å². The summed E-state index contributed by atoms with van der Waals surface area (Å²) in [5.41, 5.74) is 0.998. The number of anilines is 1. The summed E-state index contributed by atoms with van der Waals surface area (Å²) in [6, 6.07) is 2.09. The van der Waals surface area contributed by atoms with Gasteiger partial charge < -0.3 is 4.90 Å². The van der Waals surface area contributed by atoms with Crippen molar-refractivity contribution in [3.05, 3.63) is 42.7 Å². The van der Waals surface area contributed by atoms with Gasteiger partial charge in [0.15, 0.2) is 0 Å². The molecule has 0 saturated carbocycles. The van der Waals surface area contributed by atoms with Crippen LogP contribution in [0.2, 0.25) is 0 Å². The van der Waals surface area contributed by atoms with Crippen LogP contribution in [0.1, 0.15) is 24.6 Å². The molecule has 5 heteroatoms. The lowest BCUT2D eigenvalue weighted by Gasteiger charge is -2.23. The van der Waals surface area contributed by atoms with Gasteiger partial charge in [-0.3, -0.25) is 9.97 Å². The number of aromatic nitrogens is 4. The second kappa shape index (κ2) is 4.45. The number of rotatable bonds is 2. The lowest BCUT2D eigenvalue weighted by Crippen LogP contribution is -2.25. The monoisotopic (exact) mass is 227 g/mol. The minimum Gasteiger partial charge on any atom is -0.332 e. The summed E-state index contributed by atoms with van der Waals surface area (Å²) in [6.45, 7) is 0.977. The molecule has 0 N–H and O–H groups in total. The molecule has 86 valence electrons. The summed E-state index contributed by atoms with van der Waals surface area (Å²) in [6.07, 6.45) is 11.0. The second-order valence-electron chi connectivity index (χ2n) is 4.03. The van der Waals surface area contributed by atoms with E-state index >= 15 is 0 Å². The molecule has 1 fully saturated rings. The first-order chi connectivity index (χ1) is 8.45. The Bertz CT molecular complexity index is 427. The maximum atomic E-state index is 4.38. The van der Waals surface area contributed by atoms with E-state index < -0.39 is 0 Å². The van der Waals surface area contributed by atoms with Crippen LogP contribution in [0.25, 0.3) is 0 Å². The molecule has 1 saturated heterocycles. The summed E-state index contributed by atoms with van der Waals surface area (Å²) < 4.78 is 0. The largest absolute Gasteiger partial charge is 0.332 e. The molecule has 2 aromatic heterocycles. The van der Waals surface area contributed by atoms with E-state index in [9.17, 15) is 0 Å². The van der Waals surface area contributed by atoms with E-state index in [-0.39, 0.29) is 6.04 Å². The van der Waals surface area contributed by atoms with Gasteiger partial charge in [-0.15, -0.1) is 0 Å². The summed E-state index contributed by atoms with van der Waals surface area (Å²) >= 11 is 0. The topological polar surface area (TPSA) is 54.8 Å². The van der Waals surface area contributed by atoms with Crippen LogP contribution in [0.4, 0.5) is 5.95 Å². The fraction of sp³-hybridized carbons (Fsp3) is 0.333. The van der Waals surface area contributed by atoms with E-state index in [2.05, 4.69) is 24.8 Å². The van der Waals surface area contributed by atoms with Gasteiger partial charge in [0.1, 0.15) is 0 Å². The number of hydrogen-bond acceptors (Lipinski definition) is 5. The molecule has 3 rings (SSSR count). The quantitative estimate of drug-likeness (QED) is 0.780. The molecule has 1 atom stereocenters. The van der Waals surface area contributed by atoms with Gasteiger partial charge in [-0.2, -0.15) is 0 Å². The molecule has 5 nitrogen and oxygen atoms in total. The fourth-order valence-electron chi connectivity index (χ4n) is 2.24. The molecule has 0 radical (unpaired) electrons. The van der Waals surface area contributed by atoms with Crippen molar-refractivity contribution in [2.24, 2.45) is 0 Å². The Morgan fingerprint density at radius 1 is 1.06 bits per heavy atom. The highest BCUT2D eigenvalue weighted by atomic mass is 15.3. The van der Waals surface area contributed by atoms with E-state index in [0.29, 0.717) is 0 Å². The Kier molecular flexibility index (Phi) is 2.65. The third-order valence-corrected chi connectivity index (χ3v) is 2.99. The van der Waals surface area contributed by atoms with Gasteiger partial charge in [0.25, 0.3) is 0 Å². The minimum absolute atomic E-state index is 0.256. The fourth-order valence-corrected chi connectivity index (χ4v) is 2.24. The van der Waals surface area contributed by atoms with Crippen molar-refractivity contribution < 1.29 is 0 Å². The third-order valence-electron chi connectivity index (χ3n) is 2.99. The lowest BCUT2D eigenvalue weighted by atomic mass is 10.1. The van der Waals surface area contributed by atoms with E-state index in [0.717, 1.165) is 31.0 Å². The van der Waals surface area contributed by atoms with Gasteiger partial charge >= 0.3 is 0 Å². The zero-order chi connectivity index (χ0) is 11.5. The summed E-state index contributed by atoms with van der Waals surface area (Å²) in [7, 11) is 0. The predicted octanol–water partition coefficient (Wildman–Crippen LogP) is 1.61. The highest BCUT2D eigenvalue weighted by Gasteiger charge is 2.28. The molecule has 0 aromatic carbocycles. The van der Waals surface area contributed by atoms with E-state index in [4.69, 9.17) is 0 Å². The van der Waals surface area contributed by atoms with Crippen molar-refractivity contribution in [3.8, 4) is 0 Å². The summed E-state index contributed by atoms with van der Waals surface area (Å²) in [5, 5.41) is 0. The van der Waals surface area contributed by atoms with Crippen LogP contribution >= 0.6 is 0 Å². The van der Waals surface area contributed by atoms with Crippen LogP contribution in [-0.4, -0.2) is 26.5 Å². The molecule has 0 amide bonds. The Labute approximate surface area is 99.6 Å².